The minimum Gasteiger partial charge on any atom is -0.467 e. The van der Waals surface area contributed by atoms with Crippen LogP contribution in [0.5, 0.6) is 0 Å². The number of nitrogens with zero attached hydrogens (tertiary/aromatic N) is 5. The van der Waals surface area contributed by atoms with E-state index in [0.29, 0.717) is 23.1 Å². The third kappa shape index (κ3) is 5.17. The molecule has 0 unspecified atom stereocenters. The van der Waals surface area contributed by atoms with E-state index < -0.39 is 0 Å². The zero-order chi connectivity index (χ0) is 24.9. The lowest BCUT2D eigenvalue weighted by molar-refractivity contribution is -0.113. The van der Waals surface area contributed by atoms with Crippen molar-refractivity contribution in [3.8, 4) is 17.5 Å². The number of nitrogens with one attached hydrogen (secondary N) is 1. The SMILES string of the molecule is CCCn1c(SCC(=O)Nc2c(C#N)c(C)c(C)n2Cc2ccco2)nnc1-c1cccc(C)c1. The second-order valence-electron chi connectivity index (χ2n) is 8.38. The van der Waals surface area contributed by atoms with Crippen LogP contribution in [0.4, 0.5) is 5.82 Å². The highest BCUT2D eigenvalue weighted by Crippen LogP contribution is 2.29. The van der Waals surface area contributed by atoms with Crippen LogP contribution in [-0.4, -0.2) is 31.0 Å². The van der Waals surface area contributed by atoms with Gasteiger partial charge in [0.15, 0.2) is 11.0 Å². The summed E-state index contributed by atoms with van der Waals surface area (Å²) in [6, 6.07) is 14.1. The Kier molecular flexibility index (Phi) is 7.42. The Morgan fingerprint density at radius 3 is 2.69 bits per heavy atom. The number of hydrogen-bond acceptors (Lipinski definition) is 6. The van der Waals surface area contributed by atoms with Crippen molar-refractivity contribution in [1.82, 2.24) is 19.3 Å². The van der Waals surface area contributed by atoms with Crippen molar-refractivity contribution in [3.05, 3.63) is 70.8 Å². The Morgan fingerprint density at radius 2 is 2.00 bits per heavy atom. The number of anilines is 1. The largest absolute Gasteiger partial charge is 0.467 e. The molecule has 1 amide bonds. The van der Waals surface area contributed by atoms with Crippen LogP contribution in [0.15, 0.2) is 52.2 Å². The Morgan fingerprint density at radius 1 is 1.17 bits per heavy atom. The van der Waals surface area contributed by atoms with E-state index in [2.05, 4.69) is 39.1 Å². The van der Waals surface area contributed by atoms with E-state index in [1.54, 1.807) is 6.26 Å². The van der Waals surface area contributed by atoms with Crippen molar-refractivity contribution in [2.24, 2.45) is 0 Å². The number of hydrogen-bond donors (Lipinski definition) is 1. The van der Waals surface area contributed by atoms with E-state index >= 15 is 0 Å². The zero-order valence-electron chi connectivity index (χ0n) is 20.3. The maximum atomic E-state index is 13.0. The molecular formula is C26H28N6O2S. The van der Waals surface area contributed by atoms with E-state index in [1.807, 2.05) is 55.7 Å². The fraction of sp³-hybridized carbons (Fsp3) is 0.308. The number of benzene rings is 1. The predicted molar refractivity (Wildman–Crippen MR) is 136 cm³/mol. The molecule has 0 fully saturated rings. The molecule has 0 aliphatic rings. The first-order valence-corrected chi connectivity index (χ1v) is 12.5. The number of thioether (sulfide) groups is 1. The van der Waals surface area contributed by atoms with Gasteiger partial charge in [-0.3, -0.25) is 4.79 Å². The van der Waals surface area contributed by atoms with Crippen molar-refractivity contribution in [3.63, 3.8) is 0 Å². The fourth-order valence-electron chi connectivity index (χ4n) is 4.00. The van der Waals surface area contributed by atoms with Gasteiger partial charge in [0.2, 0.25) is 5.91 Å². The van der Waals surface area contributed by atoms with Gasteiger partial charge in [-0.15, -0.1) is 10.2 Å². The molecule has 3 heterocycles. The third-order valence-electron chi connectivity index (χ3n) is 5.87. The minimum atomic E-state index is -0.215. The number of carbonyl (C=O) groups excluding carboxylic acids is 1. The summed E-state index contributed by atoms with van der Waals surface area (Å²) in [5.74, 6) is 1.95. The number of carbonyl (C=O) groups is 1. The molecule has 1 N–H and O–H groups in total. The summed E-state index contributed by atoms with van der Waals surface area (Å²) in [6.45, 7) is 9.14. The molecule has 0 saturated heterocycles. The maximum absolute atomic E-state index is 13.0. The lowest BCUT2D eigenvalue weighted by atomic mass is 10.1. The monoisotopic (exact) mass is 488 g/mol. The fourth-order valence-corrected chi connectivity index (χ4v) is 4.77. The van der Waals surface area contributed by atoms with Crippen LogP contribution in [0.25, 0.3) is 11.4 Å². The van der Waals surface area contributed by atoms with Crippen LogP contribution in [0, 0.1) is 32.1 Å². The summed E-state index contributed by atoms with van der Waals surface area (Å²) < 4.78 is 9.45. The molecule has 4 rings (SSSR count). The number of nitriles is 1. The Bertz CT molecular complexity index is 1380. The molecule has 0 atom stereocenters. The molecule has 180 valence electrons. The molecule has 0 aliphatic carbocycles. The van der Waals surface area contributed by atoms with Crippen LogP contribution in [-0.2, 0) is 17.9 Å². The number of furan rings is 1. The molecule has 0 saturated carbocycles. The van der Waals surface area contributed by atoms with E-state index in [4.69, 9.17) is 4.42 Å². The van der Waals surface area contributed by atoms with Gasteiger partial charge in [0.1, 0.15) is 17.6 Å². The number of rotatable bonds is 9. The van der Waals surface area contributed by atoms with Gasteiger partial charge in [0.25, 0.3) is 0 Å². The van der Waals surface area contributed by atoms with Crippen LogP contribution in [0.1, 0.15) is 41.5 Å². The Balaban J connectivity index is 1.53. The van der Waals surface area contributed by atoms with Gasteiger partial charge in [-0.25, -0.2) is 0 Å². The highest BCUT2D eigenvalue weighted by Gasteiger charge is 2.21. The molecule has 3 aromatic heterocycles. The highest BCUT2D eigenvalue weighted by atomic mass is 32.2. The summed E-state index contributed by atoms with van der Waals surface area (Å²) in [5, 5.41) is 22.2. The van der Waals surface area contributed by atoms with E-state index in [-0.39, 0.29) is 11.7 Å². The first-order chi connectivity index (χ1) is 16.9. The Hall–Kier alpha value is -3.77. The summed E-state index contributed by atoms with van der Waals surface area (Å²) in [4.78, 5) is 13.0. The highest BCUT2D eigenvalue weighted by molar-refractivity contribution is 7.99. The van der Waals surface area contributed by atoms with Gasteiger partial charge in [0.05, 0.1) is 24.1 Å². The topological polar surface area (TPSA) is 102 Å². The Labute approximate surface area is 209 Å². The first kappa shape index (κ1) is 24.4. The average molecular weight is 489 g/mol. The molecule has 0 radical (unpaired) electrons. The molecule has 0 aliphatic heterocycles. The van der Waals surface area contributed by atoms with Gasteiger partial charge >= 0.3 is 0 Å². The van der Waals surface area contributed by atoms with Crippen molar-refractivity contribution in [2.75, 3.05) is 11.1 Å². The molecule has 9 heteroatoms. The van der Waals surface area contributed by atoms with Crippen LogP contribution in [0.3, 0.4) is 0 Å². The molecule has 35 heavy (non-hydrogen) atoms. The standard InChI is InChI=1S/C26H28N6O2S/c1-5-11-31-24(20-9-6-8-17(2)13-20)29-30-26(31)35-16-23(33)28-25-22(14-27)18(3)19(4)32(25)15-21-10-7-12-34-21/h6-10,12-13H,5,11,15-16H2,1-4H3,(H,28,33). The molecule has 1 aromatic carbocycles. The third-order valence-corrected chi connectivity index (χ3v) is 6.83. The molecule has 0 bridgehead atoms. The molecule has 8 nitrogen and oxygen atoms in total. The zero-order valence-corrected chi connectivity index (χ0v) is 21.1. The minimum absolute atomic E-state index is 0.143. The van der Waals surface area contributed by atoms with Crippen LogP contribution in [0.2, 0.25) is 0 Å². The first-order valence-electron chi connectivity index (χ1n) is 11.5. The lowest BCUT2D eigenvalue weighted by Crippen LogP contribution is -2.19. The second-order valence-corrected chi connectivity index (χ2v) is 9.32. The lowest BCUT2D eigenvalue weighted by Gasteiger charge is -2.12. The summed E-state index contributed by atoms with van der Waals surface area (Å²) in [7, 11) is 0. The van der Waals surface area contributed by atoms with Crippen molar-refractivity contribution < 1.29 is 9.21 Å². The van der Waals surface area contributed by atoms with Gasteiger partial charge in [0, 0.05) is 17.8 Å². The number of amides is 1. The molecule has 0 spiro atoms. The van der Waals surface area contributed by atoms with Crippen molar-refractivity contribution >= 4 is 23.5 Å². The number of aryl methyl sites for hydroxylation is 1. The summed E-state index contributed by atoms with van der Waals surface area (Å²) in [6.07, 6.45) is 2.53. The van der Waals surface area contributed by atoms with E-state index in [9.17, 15) is 10.1 Å². The van der Waals surface area contributed by atoms with Gasteiger partial charge in [-0.1, -0.05) is 42.4 Å². The molecule has 4 aromatic rings. The quantitative estimate of drug-likeness (QED) is 0.320. The van der Waals surface area contributed by atoms with Crippen molar-refractivity contribution in [2.45, 2.75) is 52.4 Å². The van der Waals surface area contributed by atoms with Gasteiger partial charge in [-0.05, 0) is 51.0 Å². The normalized spacial score (nSPS) is 10.9. The second kappa shape index (κ2) is 10.7. The van der Waals surface area contributed by atoms with E-state index in [1.165, 1.54) is 11.8 Å². The van der Waals surface area contributed by atoms with E-state index in [0.717, 1.165) is 46.9 Å². The maximum Gasteiger partial charge on any atom is 0.235 e. The van der Waals surface area contributed by atoms with Gasteiger partial charge < -0.3 is 18.9 Å². The van der Waals surface area contributed by atoms with Crippen molar-refractivity contribution in [1.29, 1.82) is 5.26 Å². The van der Waals surface area contributed by atoms with Gasteiger partial charge in [-0.2, -0.15) is 5.26 Å². The average Bonchev–Trinajstić information content (AvgIpc) is 3.55. The summed E-state index contributed by atoms with van der Waals surface area (Å²) in [5.41, 5.74) is 4.36. The number of aromatic nitrogens is 4. The molecular weight excluding hydrogens is 460 g/mol. The smallest absolute Gasteiger partial charge is 0.235 e. The summed E-state index contributed by atoms with van der Waals surface area (Å²) >= 11 is 1.34. The van der Waals surface area contributed by atoms with Crippen LogP contribution >= 0.6 is 11.8 Å². The predicted octanol–water partition coefficient (Wildman–Crippen LogP) is 5.33. The van der Waals surface area contributed by atoms with Crippen LogP contribution < -0.4 is 5.32 Å².